The van der Waals surface area contributed by atoms with E-state index in [-0.39, 0.29) is 42.2 Å². The molecule has 13 nitrogen and oxygen atoms in total. The number of nitrogens with one attached hydrogen (secondary N) is 1. The van der Waals surface area contributed by atoms with Crippen LogP contribution in [0.15, 0.2) is 89.8 Å². The van der Waals surface area contributed by atoms with Crippen molar-refractivity contribution in [1.29, 1.82) is 0 Å². The highest BCUT2D eigenvalue weighted by Gasteiger charge is 2.41. The Balaban J connectivity index is 1.56. The van der Waals surface area contributed by atoms with Crippen molar-refractivity contribution in [3.05, 3.63) is 106 Å². The molecule has 0 radical (unpaired) electrons. The van der Waals surface area contributed by atoms with E-state index in [0.717, 1.165) is 16.0 Å². The van der Waals surface area contributed by atoms with Gasteiger partial charge in [0.15, 0.2) is 0 Å². The highest BCUT2D eigenvalue weighted by Crippen LogP contribution is 2.29. The van der Waals surface area contributed by atoms with Crippen molar-refractivity contribution in [3.8, 4) is 0 Å². The van der Waals surface area contributed by atoms with Gasteiger partial charge in [-0.25, -0.2) is 18.1 Å². The number of nitro benzene ring substituents is 1. The maximum Gasteiger partial charge on any atom is 0.416 e. The second-order valence-electron chi connectivity index (χ2n) is 12.6. The predicted octanol–water partition coefficient (Wildman–Crippen LogP) is 3.66. The summed E-state index contributed by atoms with van der Waals surface area (Å²) in [6.45, 7) is 5.27. The maximum atomic E-state index is 14.0. The van der Waals surface area contributed by atoms with Gasteiger partial charge in [-0.2, -0.15) is 4.31 Å². The van der Waals surface area contributed by atoms with E-state index in [0.29, 0.717) is 19.5 Å². The average molecular weight is 695 g/mol. The second kappa shape index (κ2) is 16.9. The number of hydrogen-bond acceptors (Lipinski definition) is 10. The molecule has 49 heavy (non-hydrogen) atoms. The molecule has 0 unspecified atom stereocenters. The van der Waals surface area contributed by atoms with Gasteiger partial charge in [-0.15, -0.1) is 0 Å². The highest BCUT2D eigenvalue weighted by molar-refractivity contribution is 7.89. The number of carbonyl (C=O) groups is 2. The molecule has 264 valence electrons. The van der Waals surface area contributed by atoms with Gasteiger partial charge in [0, 0.05) is 56.8 Å². The third kappa shape index (κ3) is 9.08. The molecule has 0 spiro atoms. The minimum Gasteiger partial charge on any atom is -0.452 e. The number of likely N-dealkylation sites (N-methyl/N-ethyl adjacent to an activating group) is 1. The summed E-state index contributed by atoms with van der Waals surface area (Å²) >= 11 is 0. The molecule has 1 aliphatic rings. The molecule has 0 aromatic heterocycles. The number of nitro groups is 1. The van der Waals surface area contributed by atoms with Crippen molar-refractivity contribution in [2.75, 3.05) is 46.9 Å². The quantitative estimate of drug-likeness (QED) is 0.177. The van der Waals surface area contributed by atoms with Gasteiger partial charge in [0.2, 0.25) is 15.9 Å². The molecule has 2 amide bonds. The zero-order valence-corrected chi connectivity index (χ0v) is 29.2. The summed E-state index contributed by atoms with van der Waals surface area (Å²) in [5, 5.41) is 14.5. The van der Waals surface area contributed by atoms with Crippen LogP contribution in [0.5, 0.6) is 0 Å². The van der Waals surface area contributed by atoms with Crippen LogP contribution in [0.2, 0.25) is 0 Å². The lowest BCUT2D eigenvalue weighted by atomic mass is 9.85. The number of nitrogens with zero attached hydrogens (tertiary/aromatic N) is 4. The number of carbonyl (C=O) groups excluding carboxylic acids is 2. The third-order valence-corrected chi connectivity index (χ3v) is 10.9. The van der Waals surface area contributed by atoms with Gasteiger partial charge < -0.3 is 15.8 Å². The Morgan fingerprint density at radius 2 is 1.47 bits per heavy atom. The molecular formula is C35H46N6O7S. The van der Waals surface area contributed by atoms with E-state index >= 15 is 0 Å². The number of sulfonamides is 1. The van der Waals surface area contributed by atoms with E-state index in [1.165, 1.54) is 35.7 Å². The van der Waals surface area contributed by atoms with E-state index < -0.39 is 44.9 Å². The summed E-state index contributed by atoms with van der Waals surface area (Å²) < 4.78 is 34.5. The fraction of sp³-hybridized carbons (Fsp3) is 0.429. The van der Waals surface area contributed by atoms with E-state index in [1.807, 2.05) is 86.5 Å². The van der Waals surface area contributed by atoms with Crippen LogP contribution in [0, 0.1) is 16.0 Å². The Hall–Kier alpha value is -4.21. The van der Waals surface area contributed by atoms with Crippen molar-refractivity contribution in [1.82, 2.24) is 19.4 Å². The number of nitrogens with two attached hydrogens (primary N) is 1. The normalized spacial score (nSPS) is 17.1. The fourth-order valence-electron chi connectivity index (χ4n) is 6.20. The molecule has 1 aliphatic heterocycles. The first kappa shape index (κ1) is 37.6. The lowest BCUT2D eigenvalue weighted by molar-refractivity contribution is -0.384. The zero-order valence-electron chi connectivity index (χ0n) is 28.3. The molecule has 3 aromatic carbocycles. The summed E-state index contributed by atoms with van der Waals surface area (Å²) in [5.74, 6) is -0.903. The summed E-state index contributed by atoms with van der Waals surface area (Å²) in [5.41, 5.74) is 8.12. The topological polar surface area (TPSA) is 168 Å². The molecule has 0 bridgehead atoms. The minimum atomic E-state index is -4.04. The molecule has 0 saturated carbocycles. The number of benzene rings is 3. The first-order chi connectivity index (χ1) is 23.4. The monoisotopic (exact) mass is 694 g/mol. The first-order valence-corrected chi connectivity index (χ1v) is 17.7. The molecule has 3 N–H and O–H groups in total. The van der Waals surface area contributed by atoms with Gasteiger partial charge in [-0.05, 0) is 42.6 Å². The summed E-state index contributed by atoms with van der Waals surface area (Å²) in [7, 11) is -1.01. The Morgan fingerprint density at radius 1 is 0.918 bits per heavy atom. The number of ether oxygens (including phenoxy) is 1. The SMILES string of the molecule is COC(=O)N(CCN(C)[C@@H]1CNC[C@H]1N(CCC(C)C)S(=O)(=O)c1ccc([N+](=O)[O-])cc1)C(=O)[C@@H](N)C(c1ccccc1)c1ccccc1. The molecule has 0 aliphatic carbocycles. The largest absolute Gasteiger partial charge is 0.452 e. The Labute approximate surface area is 288 Å². The van der Waals surface area contributed by atoms with Crippen LogP contribution in [0.1, 0.15) is 37.3 Å². The van der Waals surface area contributed by atoms with Crippen molar-refractivity contribution in [2.45, 2.75) is 49.2 Å². The summed E-state index contributed by atoms with van der Waals surface area (Å²) in [6.07, 6.45) is -0.236. The average Bonchev–Trinajstić information content (AvgIpc) is 3.58. The van der Waals surface area contributed by atoms with Gasteiger partial charge in [0.05, 0.1) is 29.0 Å². The van der Waals surface area contributed by atoms with Crippen molar-refractivity contribution in [3.63, 3.8) is 0 Å². The molecule has 1 saturated heterocycles. The minimum absolute atomic E-state index is 0.0296. The van der Waals surface area contributed by atoms with Gasteiger partial charge in [-0.1, -0.05) is 74.5 Å². The predicted molar refractivity (Wildman–Crippen MR) is 186 cm³/mol. The van der Waals surface area contributed by atoms with Crippen LogP contribution in [0.3, 0.4) is 0 Å². The number of rotatable bonds is 15. The highest BCUT2D eigenvalue weighted by atomic mass is 32.2. The number of methoxy groups -OCH3 is 1. The van der Waals surface area contributed by atoms with Crippen LogP contribution in [0.4, 0.5) is 10.5 Å². The number of hydrogen-bond donors (Lipinski definition) is 2. The molecule has 14 heteroatoms. The van der Waals surface area contributed by atoms with Crippen LogP contribution < -0.4 is 11.1 Å². The van der Waals surface area contributed by atoms with Gasteiger partial charge in [-0.3, -0.25) is 19.8 Å². The molecule has 1 fully saturated rings. The van der Waals surface area contributed by atoms with Gasteiger partial charge in [0.25, 0.3) is 5.69 Å². The number of non-ortho nitro benzene ring substituents is 1. The molecular weight excluding hydrogens is 648 g/mol. The molecule has 1 heterocycles. The van der Waals surface area contributed by atoms with E-state index in [4.69, 9.17) is 10.5 Å². The van der Waals surface area contributed by atoms with Gasteiger partial charge in [0.1, 0.15) is 0 Å². The standard InChI is InChI=1S/C35H46N6O7S/c1-25(2)19-20-40(49(46,47)29-17-15-28(16-18-29)41(44)45)31-24-37-23-30(31)38(3)21-22-39(35(43)48-4)34(42)33(36)32(26-11-7-5-8-12-26)27-13-9-6-10-14-27/h5-18,25,30-33,37H,19-24,36H2,1-4H3/t30-,31-,33+/m1/s1. The van der Waals surface area contributed by atoms with Crippen molar-refractivity contribution < 1.29 is 27.7 Å². The maximum absolute atomic E-state index is 14.0. The zero-order chi connectivity index (χ0) is 35.7. The first-order valence-electron chi connectivity index (χ1n) is 16.3. The Morgan fingerprint density at radius 3 is 1.98 bits per heavy atom. The molecule has 3 atom stereocenters. The summed E-state index contributed by atoms with van der Waals surface area (Å²) in [4.78, 5) is 40.5. The van der Waals surface area contributed by atoms with Crippen LogP contribution >= 0.6 is 0 Å². The summed E-state index contributed by atoms with van der Waals surface area (Å²) in [6, 6.07) is 21.8. The Kier molecular flexibility index (Phi) is 13.0. The second-order valence-corrected chi connectivity index (χ2v) is 14.5. The van der Waals surface area contributed by atoms with Crippen LogP contribution in [-0.2, 0) is 19.6 Å². The smallest absolute Gasteiger partial charge is 0.416 e. The van der Waals surface area contributed by atoms with Crippen molar-refractivity contribution in [2.24, 2.45) is 11.7 Å². The van der Waals surface area contributed by atoms with E-state index in [9.17, 15) is 28.1 Å². The van der Waals surface area contributed by atoms with Crippen LogP contribution in [-0.4, -0.2) is 104 Å². The molecule has 3 aromatic rings. The van der Waals surface area contributed by atoms with Gasteiger partial charge >= 0.3 is 6.09 Å². The Bertz CT molecular complexity index is 1620. The van der Waals surface area contributed by atoms with E-state index in [2.05, 4.69) is 5.32 Å². The lowest BCUT2D eigenvalue weighted by Gasteiger charge is -2.37. The molecule has 4 rings (SSSR count). The number of amides is 2. The van der Waals surface area contributed by atoms with Crippen molar-refractivity contribution >= 4 is 27.7 Å². The third-order valence-electron chi connectivity index (χ3n) is 8.97. The van der Waals surface area contributed by atoms with E-state index in [1.54, 1.807) is 0 Å². The lowest BCUT2D eigenvalue weighted by Crippen LogP contribution is -2.55. The fourth-order valence-corrected chi connectivity index (χ4v) is 7.86. The number of imide groups is 1. The van der Waals surface area contributed by atoms with Crippen LogP contribution in [0.25, 0.3) is 0 Å².